The number of hydrogen-bond donors (Lipinski definition) is 2. The van der Waals surface area contributed by atoms with Crippen LogP contribution >= 0.6 is 0 Å². The minimum atomic E-state index is 0.0201. The normalized spacial score (nSPS) is 14.9. The van der Waals surface area contributed by atoms with Gasteiger partial charge in [-0.15, -0.1) is 0 Å². The second kappa shape index (κ2) is 9.00. The van der Waals surface area contributed by atoms with Crippen LogP contribution in [0.4, 0.5) is 5.69 Å². The molecule has 0 spiro atoms. The molecule has 0 radical (unpaired) electrons. The molecule has 1 unspecified atom stereocenters. The van der Waals surface area contributed by atoms with Gasteiger partial charge in [-0.05, 0) is 29.3 Å². The summed E-state index contributed by atoms with van der Waals surface area (Å²) in [4.78, 5) is 21.6. The molecule has 1 aromatic heterocycles. The summed E-state index contributed by atoms with van der Waals surface area (Å²) < 4.78 is 0. The average molecular weight is 414 g/mol. The minimum Gasteiger partial charge on any atom is -0.384 e. The molecule has 1 atom stereocenters. The van der Waals surface area contributed by atoms with Crippen LogP contribution in [0.25, 0.3) is 0 Å². The molecule has 0 aliphatic carbocycles. The van der Waals surface area contributed by atoms with E-state index in [-0.39, 0.29) is 17.7 Å². The number of amides is 1. The summed E-state index contributed by atoms with van der Waals surface area (Å²) in [6.45, 7) is 4.89. The highest BCUT2D eigenvalue weighted by Gasteiger charge is 2.23. The fourth-order valence-electron chi connectivity index (χ4n) is 3.97. The van der Waals surface area contributed by atoms with Crippen molar-refractivity contribution in [3.8, 4) is 0 Å². The number of benzene rings is 2. The van der Waals surface area contributed by atoms with Gasteiger partial charge >= 0.3 is 0 Å². The van der Waals surface area contributed by atoms with Crippen LogP contribution in [0.1, 0.15) is 39.9 Å². The molecule has 31 heavy (non-hydrogen) atoms. The molecule has 6 nitrogen and oxygen atoms in total. The van der Waals surface area contributed by atoms with Crippen LogP contribution in [0.5, 0.6) is 0 Å². The second-order valence-electron chi connectivity index (χ2n) is 7.88. The first-order valence-electron chi connectivity index (χ1n) is 10.5. The van der Waals surface area contributed by atoms with Gasteiger partial charge < -0.3 is 15.5 Å². The molecule has 3 aromatic rings. The van der Waals surface area contributed by atoms with Crippen molar-refractivity contribution in [1.29, 1.82) is 5.41 Å². The number of pyridine rings is 1. The summed E-state index contributed by atoms with van der Waals surface area (Å²) in [5.74, 6) is 0.256. The van der Waals surface area contributed by atoms with Gasteiger partial charge in [-0.3, -0.25) is 15.2 Å². The summed E-state index contributed by atoms with van der Waals surface area (Å²) in [7, 11) is 0. The molecule has 3 N–H and O–H groups in total. The van der Waals surface area contributed by atoms with E-state index in [0.717, 1.165) is 24.3 Å². The predicted molar refractivity (Wildman–Crippen MR) is 124 cm³/mol. The topological polar surface area (TPSA) is 86.3 Å². The number of amidine groups is 1. The Balaban J connectivity index is 1.43. The number of nitrogens with two attached hydrogens (primary N) is 1. The molecule has 1 fully saturated rings. The SMILES string of the molecule is CC(c1ccccc1)c1cncc(C(=O)N2CCN(c3cccc(C(=N)N)c3)CC2)c1. The van der Waals surface area contributed by atoms with E-state index >= 15 is 0 Å². The molecule has 1 aliphatic heterocycles. The molecule has 0 bridgehead atoms. The van der Waals surface area contributed by atoms with Gasteiger partial charge in [-0.25, -0.2) is 0 Å². The Morgan fingerprint density at radius 2 is 1.68 bits per heavy atom. The van der Waals surface area contributed by atoms with Crippen molar-refractivity contribution in [2.75, 3.05) is 31.1 Å². The van der Waals surface area contributed by atoms with Crippen LogP contribution in [-0.4, -0.2) is 47.8 Å². The minimum absolute atomic E-state index is 0.0201. The number of rotatable bonds is 5. The molecule has 1 amide bonds. The molecule has 4 rings (SSSR count). The van der Waals surface area contributed by atoms with Crippen LogP contribution in [0.15, 0.2) is 73.1 Å². The Bertz CT molecular complexity index is 1070. The highest BCUT2D eigenvalue weighted by molar-refractivity contribution is 5.96. The highest BCUT2D eigenvalue weighted by atomic mass is 16.2. The number of piperazine rings is 1. The Labute approximate surface area is 182 Å². The van der Waals surface area contributed by atoms with Crippen LogP contribution in [0, 0.1) is 5.41 Å². The van der Waals surface area contributed by atoms with Gasteiger partial charge in [0.05, 0.1) is 5.56 Å². The monoisotopic (exact) mass is 413 g/mol. The predicted octanol–water partition coefficient (Wildman–Crippen LogP) is 3.48. The van der Waals surface area contributed by atoms with Crippen LogP contribution in [0.3, 0.4) is 0 Å². The van der Waals surface area contributed by atoms with E-state index in [2.05, 4.69) is 28.9 Å². The first-order valence-corrected chi connectivity index (χ1v) is 10.5. The number of hydrogen-bond acceptors (Lipinski definition) is 4. The van der Waals surface area contributed by atoms with Crippen molar-refractivity contribution in [2.24, 2.45) is 5.73 Å². The van der Waals surface area contributed by atoms with E-state index in [4.69, 9.17) is 11.1 Å². The summed E-state index contributed by atoms with van der Waals surface area (Å²) in [5.41, 5.74) is 10.2. The van der Waals surface area contributed by atoms with E-state index in [9.17, 15) is 4.79 Å². The van der Waals surface area contributed by atoms with E-state index in [1.165, 1.54) is 5.56 Å². The molecular weight excluding hydrogens is 386 g/mol. The first-order chi connectivity index (χ1) is 15.0. The summed E-state index contributed by atoms with van der Waals surface area (Å²) in [5, 5.41) is 7.63. The molecule has 1 aliphatic rings. The Morgan fingerprint density at radius 1 is 0.935 bits per heavy atom. The quantitative estimate of drug-likeness (QED) is 0.495. The third kappa shape index (κ3) is 4.58. The van der Waals surface area contributed by atoms with Crippen molar-refractivity contribution in [1.82, 2.24) is 9.88 Å². The lowest BCUT2D eigenvalue weighted by Gasteiger charge is -2.36. The lowest BCUT2D eigenvalue weighted by Crippen LogP contribution is -2.48. The smallest absolute Gasteiger partial charge is 0.255 e. The molecule has 158 valence electrons. The van der Waals surface area contributed by atoms with Crippen molar-refractivity contribution in [3.05, 3.63) is 95.3 Å². The molecular formula is C25H27N5O. The average Bonchev–Trinajstić information content (AvgIpc) is 2.84. The Hall–Kier alpha value is -3.67. The summed E-state index contributed by atoms with van der Waals surface area (Å²) in [6.07, 6.45) is 3.50. The van der Waals surface area contributed by atoms with Gasteiger partial charge in [-0.2, -0.15) is 0 Å². The Morgan fingerprint density at radius 3 is 2.39 bits per heavy atom. The molecule has 6 heteroatoms. The zero-order valence-electron chi connectivity index (χ0n) is 17.7. The van der Waals surface area contributed by atoms with E-state index in [1.807, 2.05) is 59.6 Å². The molecule has 1 saturated heterocycles. The number of carbonyl (C=O) groups is 1. The maximum absolute atomic E-state index is 13.1. The van der Waals surface area contributed by atoms with Gasteiger partial charge in [0.25, 0.3) is 5.91 Å². The van der Waals surface area contributed by atoms with Gasteiger partial charge in [0.1, 0.15) is 5.84 Å². The van der Waals surface area contributed by atoms with E-state index in [1.54, 1.807) is 6.20 Å². The third-order valence-corrected chi connectivity index (χ3v) is 5.90. The van der Waals surface area contributed by atoms with E-state index in [0.29, 0.717) is 24.2 Å². The van der Waals surface area contributed by atoms with Crippen molar-refractivity contribution < 1.29 is 4.79 Å². The number of nitrogens with zero attached hydrogens (tertiary/aromatic N) is 3. The van der Waals surface area contributed by atoms with Gasteiger partial charge in [0, 0.05) is 55.7 Å². The largest absolute Gasteiger partial charge is 0.384 e. The van der Waals surface area contributed by atoms with Crippen LogP contribution < -0.4 is 10.6 Å². The van der Waals surface area contributed by atoms with Gasteiger partial charge in [-0.1, -0.05) is 49.4 Å². The molecule has 2 aromatic carbocycles. The maximum atomic E-state index is 13.1. The van der Waals surface area contributed by atoms with Crippen molar-refractivity contribution in [2.45, 2.75) is 12.8 Å². The van der Waals surface area contributed by atoms with Crippen molar-refractivity contribution in [3.63, 3.8) is 0 Å². The summed E-state index contributed by atoms with van der Waals surface area (Å²) >= 11 is 0. The number of nitrogen functional groups attached to an aromatic ring is 1. The molecule has 0 saturated carbocycles. The first kappa shape index (κ1) is 20.6. The third-order valence-electron chi connectivity index (χ3n) is 5.90. The van der Waals surface area contributed by atoms with Crippen LogP contribution in [-0.2, 0) is 0 Å². The van der Waals surface area contributed by atoms with Crippen LogP contribution in [0.2, 0.25) is 0 Å². The lowest BCUT2D eigenvalue weighted by atomic mass is 9.93. The van der Waals surface area contributed by atoms with Gasteiger partial charge in [0.2, 0.25) is 0 Å². The van der Waals surface area contributed by atoms with Gasteiger partial charge in [0.15, 0.2) is 0 Å². The number of anilines is 1. The van der Waals surface area contributed by atoms with E-state index < -0.39 is 0 Å². The number of carbonyl (C=O) groups excluding carboxylic acids is 1. The molecule has 2 heterocycles. The zero-order valence-corrected chi connectivity index (χ0v) is 17.7. The number of nitrogens with one attached hydrogen (secondary N) is 1. The second-order valence-corrected chi connectivity index (χ2v) is 7.88. The zero-order chi connectivity index (χ0) is 21.8. The van der Waals surface area contributed by atoms with Crippen molar-refractivity contribution >= 4 is 17.4 Å². The summed E-state index contributed by atoms with van der Waals surface area (Å²) in [6, 6.07) is 19.9. The standard InChI is InChI=1S/C25H27N5O/c1-18(19-6-3-2-4-7-19)21-14-22(17-28-16-21)25(31)30-12-10-29(11-13-30)23-9-5-8-20(15-23)24(26)27/h2-9,14-18H,10-13H2,1H3,(H3,26,27). The fraction of sp³-hybridized carbons (Fsp3) is 0.240. The number of aromatic nitrogens is 1. The Kier molecular flexibility index (Phi) is 5.98. The highest BCUT2D eigenvalue weighted by Crippen LogP contribution is 2.24. The fourth-order valence-corrected chi connectivity index (χ4v) is 3.97. The lowest BCUT2D eigenvalue weighted by molar-refractivity contribution is 0.0746. The maximum Gasteiger partial charge on any atom is 0.255 e.